The second-order valence-electron chi connectivity index (χ2n) is 8.03. The van der Waals surface area contributed by atoms with Crippen LogP contribution in [-0.2, 0) is 21.4 Å². The Bertz CT molecular complexity index is 852. The third-order valence-electron chi connectivity index (χ3n) is 5.93. The van der Waals surface area contributed by atoms with Crippen molar-refractivity contribution in [3.63, 3.8) is 0 Å². The van der Waals surface area contributed by atoms with Crippen molar-refractivity contribution in [2.45, 2.75) is 62.4 Å². The zero-order chi connectivity index (χ0) is 19.4. The summed E-state index contributed by atoms with van der Waals surface area (Å²) in [7, 11) is -1.82. The number of nitrogens with zero attached hydrogens (tertiary/aromatic N) is 4. The predicted octanol–water partition coefficient (Wildman–Crippen LogP) is 0.941. The Morgan fingerprint density at radius 1 is 1.33 bits per heavy atom. The standard InChI is InChI=1S/C16H23N5O4S2/c1-16(5-6-16)18-27(24,25)11-3-4-13-12(7-11)14(22)21(15(23)20(13)2)8-10-9-26-19-17-10/h9,11-13,18H,3-8H2,1-2H3. The third-order valence-corrected chi connectivity index (χ3v) is 8.57. The summed E-state index contributed by atoms with van der Waals surface area (Å²) < 4.78 is 32.1. The van der Waals surface area contributed by atoms with Gasteiger partial charge in [0.25, 0.3) is 0 Å². The van der Waals surface area contributed by atoms with Crippen LogP contribution in [0.3, 0.4) is 0 Å². The summed E-state index contributed by atoms with van der Waals surface area (Å²) in [5, 5.41) is 5.00. The van der Waals surface area contributed by atoms with Crippen molar-refractivity contribution in [2.75, 3.05) is 7.05 Å². The fourth-order valence-corrected chi connectivity index (χ4v) is 6.44. The van der Waals surface area contributed by atoms with Crippen molar-refractivity contribution in [1.29, 1.82) is 0 Å². The van der Waals surface area contributed by atoms with Crippen molar-refractivity contribution in [3.8, 4) is 0 Å². The Morgan fingerprint density at radius 2 is 2.07 bits per heavy atom. The van der Waals surface area contributed by atoms with E-state index < -0.39 is 21.2 Å². The molecule has 3 amide bonds. The van der Waals surface area contributed by atoms with Crippen molar-refractivity contribution in [2.24, 2.45) is 5.92 Å². The Morgan fingerprint density at radius 3 is 2.70 bits per heavy atom. The molecule has 9 nitrogen and oxygen atoms in total. The van der Waals surface area contributed by atoms with E-state index in [-0.39, 0.29) is 36.5 Å². The lowest BCUT2D eigenvalue weighted by Gasteiger charge is -2.46. The van der Waals surface area contributed by atoms with Crippen LogP contribution in [0, 0.1) is 5.92 Å². The van der Waals surface area contributed by atoms with Crippen molar-refractivity contribution >= 4 is 33.5 Å². The molecule has 3 aliphatic rings. The van der Waals surface area contributed by atoms with E-state index in [9.17, 15) is 18.0 Å². The number of urea groups is 1. The summed E-state index contributed by atoms with van der Waals surface area (Å²) in [6.45, 7) is 1.97. The SMILES string of the molecule is CN1C(=O)N(Cc2csnn2)C(=O)C2CC(S(=O)(=O)NC3(C)CC3)CCC21. The fraction of sp³-hybridized carbons (Fsp3) is 0.750. The van der Waals surface area contributed by atoms with Gasteiger partial charge in [-0.15, -0.1) is 5.10 Å². The quantitative estimate of drug-likeness (QED) is 0.769. The summed E-state index contributed by atoms with van der Waals surface area (Å²) in [5.41, 5.74) is 0.222. The van der Waals surface area contributed by atoms with Crippen LogP contribution >= 0.6 is 11.5 Å². The van der Waals surface area contributed by atoms with E-state index in [1.807, 2.05) is 6.92 Å². The topological polar surface area (TPSA) is 113 Å². The van der Waals surface area contributed by atoms with Crippen LogP contribution in [0.1, 0.15) is 44.7 Å². The van der Waals surface area contributed by atoms with Gasteiger partial charge in [0.1, 0.15) is 0 Å². The molecule has 2 aliphatic carbocycles. The number of fused-ring (bicyclic) bond motifs is 1. The maximum absolute atomic E-state index is 13.0. The smallest absolute Gasteiger partial charge is 0.324 e. The number of imide groups is 1. The molecule has 0 radical (unpaired) electrons. The van der Waals surface area contributed by atoms with Crippen molar-refractivity contribution in [3.05, 3.63) is 11.1 Å². The minimum atomic E-state index is -3.50. The second-order valence-corrected chi connectivity index (χ2v) is 10.6. The van der Waals surface area contributed by atoms with Gasteiger partial charge in [0.15, 0.2) is 0 Å². The van der Waals surface area contributed by atoms with Gasteiger partial charge in [-0.1, -0.05) is 4.49 Å². The van der Waals surface area contributed by atoms with Crippen LogP contribution < -0.4 is 4.72 Å². The average molecular weight is 414 g/mol. The second kappa shape index (κ2) is 6.49. The van der Waals surface area contributed by atoms with E-state index in [0.29, 0.717) is 18.5 Å². The molecule has 27 heavy (non-hydrogen) atoms. The molecule has 0 aromatic carbocycles. The maximum Gasteiger partial charge on any atom is 0.327 e. The molecule has 1 aromatic rings. The number of rotatable bonds is 5. The molecule has 3 atom stereocenters. The molecule has 3 fully saturated rings. The van der Waals surface area contributed by atoms with Gasteiger partial charge in [-0.05, 0) is 50.6 Å². The van der Waals surface area contributed by atoms with Crippen LogP contribution in [0.15, 0.2) is 5.38 Å². The Balaban J connectivity index is 1.53. The van der Waals surface area contributed by atoms with Gasteiger partial charge in [-0.25, -0.2) is 17.9 Å². The van der Waals surface area contributed by atoms with E-state index in [1.165, 1.54) is 4.90 Å². The van der Waals surface area contributed by atoms with Crippen LogP contribution in [0.4, 0.5) is 4.79 Å². The highest BCUT2D eigenvalue weighted by molar-refractivity contribution is 7.90. The molecule has 1 N–H and O–H groups in total. The number of amides is 3. The fourth-order valence-electron chi connectivity index (χ4n) is 4.03. The minimum absolute atomic E-state index is 0.0649. The number of sulfonamides is 1. The van der Waals surface area contributed by atoms with E-state index in [2.05, 4.69) is 14.3 Å². The monoisotopic (exact) mass is 413 g/mol. The van der Waals surface area contributed by atoms with E-state index in [1.54, 1.807) is 17.3 Å². The third kappa shape index (κ3) is 3.47. The van der Waals surface area contributed by atoms with Crippen LogP contribution in [0.2, 0.25) is 0 Å². The van der Waals surface area contributed by atoms with Gasteiger partial charge in [-0.2, -0.15) is 0 Å². The minimum Gasteiger partial charge on any atom is -0.324 e. The molecule has 2 heterocycles. The molecular weight excluding hydrogens is 390 g/mol. The van der Waals surface area contributed by atoms with E-state index in [0.717, 1.165) is 24.4 Å². The molecule has 4 rings (SSSR count). The molecule has 2 saturated carbocycles. The lowest BCUT2D eigenvalue weighted by molar-refractivity contribution is -0.140. The van der Waals surface area contributed by atoms with Gasteiger partial charge < -0.3 is 4.90 Å². The largest absolute Gasteiger partial charge is 0.327 e. The summed E-state index contributed by atoms with van der Waals surface area (Å²) in [5.74, 6) is -0.824. The number of nitrogens with one attached hydrogen (secondary N) is 1. The number of carbonyl (C=O) groups is 2. The van der Waals surface area contributed by atoms with Gasteiger partial charge in [0.2, 0.25) is 15.9 Å². The summed E-state index contributed by atoms with van der Waals surface area (Å²) in [4.78, 5) is 28.4. The highest BCUT2D eigenvalue weighted by Crippen LogP contribution is 2.39. The lowest BCUT2D eigenvalue weighted by atomic mass is 9.81. The molecule has 148 valence electrons. The first-order chi connectivity index (χ1) is 12.7. The van der Waals surface area contributed by atoms with Crippen molar-refractivity contribution < 1.29 is 18.0 Å². The van der Waals surface area contributed by atoms with Crippen molar-refractivity contribution in [1.82, 2.24) is 24.1 Å². The molecular formula is C16H23N5O4S2. The molecule has 1 saturated heterocycles. The van der Waals surface area contributed by atoms with Crippen LogP contribution in [0.25, 0.3) is 0 Å². The number of hydrogen-bond donors (Lipinski definition) is 1. The lowest BCUT2D eigenvalue weighted by Crippen LogP contribution is -2.62. The number of aromatic nitrogens is 2. The van der Waals surface area contributed by atoms with Gasteiger partial charge in [-0.3, -0.25) is 9.69 Å². The Labute approximate surface area is 162 Å². The van der Waals surface area contributed by atoms with Gasteiger partial charge in [0, 0.05) is 24.0 Å². The van der Waals surface area contributed by atoms with Crippen LogP contribution in [-0.4, -0.2) is 63.6 Å². The summed E-state index contributed by atoms with van der Waals surface area (Å²) in [6.07, 6.45) is 2.88. The highest BCUT2D eigenvalue weighted by Gasteiger charge is 2.51. The molecule has 0 bridgehead atoms. The Kier molecular flexibility index (Phi) is 4.51. The molecule has 3 unspecified atom stereocenters. The predicted molar refractivity (Wildman–Crippen MR) is 98.2 cm³/mol. The van der Waals surface area contributed by atoms with Crippen LogP contribution in [0.5, 0.6) is 0 Å². The van der Waals surface area contributed by atoms with E-state index >= 15 is 0 Å². The van der Waals surface area contributed by atoms with Gasteiger partial charge >= 0.3 is 6.03 Å². The summed E-state index contributed by atoms with van der Waals surface area (Å²) >= 11 is 1.16. The molecule has 1 aliphatic heterocycles. The first-order valence-corrected chi connectivity index (χ1v) is 11.5. The zero-order valence-electron chi connectivity index (χ0n) is 15.3. The highest BCUT2D eigenvalue weighted by atomic mass is 32.2. The maximum atomic E-state index is 13.0. The Hall–Kier alpha value is -1.59. The first kappa shape index (κ1) is 18.8. The average Bonchev–Trinajstić information content (AvgIpc) is 3.12. The number of hydrogen-bond acceptors (Lipinski definition) is 7. The number of carbonyl (C=O) groups excluding carboxylic acids is 2. The van der Waals surface area contributed by atoms with Gasteiger partial charge in [0.05, 0.1) is 23.4 Å². The van der Waals surface area contributed by atoms with E-state index in [4.69, 9.17) is 0 Å². The summed E-state index contributed by atoms with van der Waals surface area (Å²) in [6, 6.07) is -0.614. The first-order valence-electron chi connectivity index (χ1n) is 9.07. The molecule has 0 spiro atoms. The molecule has 11 heteroatoms. The zero-order valence-corrected chi connectivity index (χ0v) is 16.9. The normalized spacial score (nSPS) is 30.4. The molecule has 1 aromatic heterocycles.